The number of nitro benzene ring substituents is 1. The molecule has 1 unspecified atom stereocenters. The van der Waals surface area contributed by atoms with Crippen molar-refractivity contribution in [3.05, 3.63) is 38.9 Å². The summed E-state index contributed by atoms with van der Waals surface area (Å²) in [6, 6.07) is 2.85. The molecular weight excluding hydrogens is 276 g/mol. The first-order valence-corrected chi connectivity index (χ1v) is 5.74. The number of carboxylic acids is 1. The van der Waals surface area contributed by atoms with E-state index in [9.17, 15) is 14.9 Å². The Morgan fingerprint density at radius 3 is 2.84 bits per heavy atom. The second-order valence-corrected chi connectivity index (χ2v) is 4.09. The number of nitrogens with zero attached hydrogens (tertiary/aromatic N) is 1. The minimum absolute atomic E-state index is 0.0326. The van der Waals surface area contributed by atoms with E-state index in [1.165, 1.54) is 19.2 Å². The van der Waals surface area contributed by atoms with Crippen LogP contribution < -0.4 is 5.32 Å². The molecule has 0 bridgehead atoms. The number of benzene rings is 1. The zero-order valence-electron chi connectivity index (χ0n) is 10.1. The van der Waals surface area contributed by atoms with Crippen LogP contribution in [0, 0.1) is 10.1 Å². The number of rotatable bonds is 7. The van der Waals surface area contributed by atoms with Gasteiger partial charge in [-0.3, -0.25) is 20.2 Å². The molecule has 0 amide bonds. The summed E-state index contributed by atoms with van der Waals surface area (Å²) in [4.78, 5) is 21.3. The maximum absolute atomic E-state index is 11.2. The molecule has 0 fully saturated rings. The number of halogens is 1. The van der Waals surface area contributed by atoms with Crippen molar-refractivity contribution in [3.8, 4) is 0 Å². The van der Waals surface area contributed by atoms with Crippen molar-refractivity contribution < 1.29 is 19.6 Å². The molecule has 0 aliphatic rings. The first kappa shape index (κ1) is 15.4. The minimum atomic E-state index is -1.13. The lowest BCUT2D eigenvalue weighted by molar-refractivity contribution is -0.384. The molecule has 0 radical (unpaired) electrons. The number of carboxylic acid groups (broad SMARTS) is 1. The number of nitro groups is 1. The number of nitrogens with one attached hydrogen (secondary N) is 1. The third-order valence-corrected chi connectivity index (χ3v) is 2.72. The van der Waals surface area contributed by atoms with Gasteiger partial charge in [0.2, 0.25) is 0 Å². The molecule has 104 valence electrons. The summed E-state index contributed by atoms with van der Waals surface area (Å²) in [5.41, 5.74) is -0.0568. The quantitative estimate of drug-likeness (QED) is 0.449. The largest absolute Gasteiger partial charge is 0.480 e. The fraction of sp³-hybridized carbons (Fsp3) is 0.364. The molecule has 2 N–H and O–H groups in total. The summed E-state index contributed by atoms with van der Waals surface area (Å²) in [6.45, 7) is 0.642. The third kappa shape index (κ3) is 4.16. The van der Waals surface area contributed by atoms with Crippen LogP contribution in [0.1, 0.15) is 11.6 Å². The van der Waals surface area contributed by atoms with Gasteiger partial charge in [-0.15, -0.1) is 0 Å². The number of methoxy groups -OCH3 is 1. The SMILES string of the molecule is COCCNC(C(=O)O)c1ccc(Cl)c([N+](=O)[O-])c1. The van der Waals surface area contributed by atoms with Crippen LogP contribution in [-0.4, -0.2) is 36.3 Å². The first-order chi connectivity index (χ1) is 8.97. The van der Waals surface area contributed by atoms with Crippen molar-refractivity contribution in [1.82, 2.24) is 5.32 Å². The summed E-state index contributed by atoms with van der Waals surface area (Å²) in [6.07, 6.45) is 0. The molecule has 0 aromatic heterocycles. The lowest BCUT2D eigenvalue weighted by Crippen LogP contribution is -2.31. The van der Waals surface area contributed by atoms with E-state index in [0.717, 1.165) is 6.07 Å². The highest BCUT2D eigenvalue weighted by atomic mass is 35.5. The van der Waals surface area contributed by atoms with Gasteiger partial charge in [-0.05, 0) is 11.6 Å². The maximum atomic E-state index is 11.2. The molecule has 1 atom stereocenters. The van der Waals surface area contributed by atoms with Crippen molar-refractivity contribution in [2.75, 3.05) is 20.3 Å². The van der Waals surface area contributed by atoms with Gasteiger partial charge < -0.3 is 9.84 Å². The molecule has 0 saturated heterocycles. The van der Waals surface area contributed by atoms with Gasteiger partial charge in [0.25, 0.3) is 5.69 Å². The lowest BCUT2D eigenvalue weighted by atomic mass is 10.1. The van der Waals surface area contributed by atoms with E-state index in [-0.39, 0.29) is 16.3 Å². The molecular formula is C11H13ClN2O5. The molecule has 1 aromatic carbocycles. The number of aliphatic carboxylic acids is 1. The fourth-order valence-corrected chi connectivity index (χ4v) is 1.69. The van der Waals surface area contributed by atoms with Gasteiger partial charge in [-0.25, -0.2) is 0 Å². The molecule has 7 nitrogen and oxygen atoms in total. The minimum Gasteiger partial charge on any atom is -0.480 e. The Morgan fingerprint density at radius 2 is 2.32 bits per heavy atom. The van der Waals surface area contributed by atoms with E-state index in [0.29, 0.717) is 13.2 Å². The van der Waals surface area contributed by atoms with Crippen LogP contribution in [0.2, 0.25) is 5.02 Å². The van der Waals surface area contributed by atoms with Crippen molar-refractivity contribution in [3.63, 3.8) is 0 Å². The zero-order chi connectivity index (χ0) is 14.4. The fourth-order valence-electron chi connectivity index (χ4n) is 1.50. The van der Waals surface area contributed by atoms with E-state index in [2.05, 4.69) is 5.32 Å². The molecule has 0 spiro atoms. The van der Waals surface area contributed by atoms with Gasteiger partial charge in [-0.1, -0.05) is 17.7 Å². The van der Waals surface area contributed by atoms with Crippen molar-refractivity contribution in [1.29, 1.82) is 0 Å². The van der Waals surface area contributed by atoms with E-state index in [1.807, 2.05) is 0 Å². The molecule has 0 saturated carbocycles. The van der Waals surface area contributed by atoms with Gasteiger partial charge in [0, 0.05) is 19.7 Å². The highest BCUT2D eigenvalue weighted by molar-refractivity contribution is 6.32. The van der Waals surface area contributed by atoms with E-state index in [1.54, 1.807) is 0 Å². The summed E-state index contributed by atoms with van der Waals surface area (Å²) in [5.74, 6) is -1.13. The molecule has 1 rings (SSSR count). The monoisotopic (exact) mass is 288 g/mol. The van der Waals surface area contributed by atoms with E-state index in [4.69, 9.17) is 21.4 Å². The predicted octanol–water partition coefficient (Wildman–Crippen LogP) is 1.61. The molecule has 0 aliphatic carbocycles. The van der Waals surface area contributed by atoms with Crippen LogP contribution in [0.5, 0.6) is 0 Å². The highest BCUT2D eigenvalue weighted by Gasteiger charge is 2.22. The van der Waals surface area contributed by atoms with Crippen molar-refractivity contribution in [2.24, 2.45) is 0 Å². The van der Waals surface area contributed by atoms with Gasteiger partial charge >= 0.3 is 5.97 Å². The summed E-state index contributed by atoms with van der Waals surface area (Å²) in [7, 11) is 1.49. The van der Waals surface area contributed by atoms with Gasteiger partial charge in [0.05, 0.1) is 11.5 Å². The topological polar surface area (TPSA) is 102 Å². The van der Waals surface area contributed by atoms with Crippen LogP contribution >= 0.6 is 11.6 Å². The smallest absolute Gasteiger partial charge is 0.325 e. The molecule has 0 heterocycles. The number of ether oxygens (including phenoxy) is 1. The van der Waals surface area contributed by atoms with Gasteiger partial charge in [-0.2, -0.15) is 0 Å². The average Bonchev–Trinajstić information content (AvgIpc) is 2.35. The summed E-state index contributed by atoms with van der Waals surface area (Å²) in [5, 5.41) is 22.6. The second-order valence-electron chi connectivity index (χ2n) is 3.69. The Kier molecular flexibility index (Phi) is 5.68. The number of carbonyl (C=O) groups is 1. The Labute approximate surface area is 114 Å². The van der Waals surface area contributed by atoms with Crippen LogP contribution in [0.3, 0.4) is 0 Å². The van der Waals surface area contributed by atoms with Crippen LogP contribution in [-0.2, 0) is 9.53 Å². The summed E-state index contributed by atoms with van der Waals surface area (Å²) < 4.78 is 4.80. The second kappa shape index (κ2) is 7.03. The zero-order valence-corrected chi connectivity index (χ0v) is 10.9. The average molecular weight is 289 g/mol. The van der Waals surface area contributed by atoms with Crippen molar-refractivity contribution in [2.45, 2.75) is 6.04 Å². The molecule has 8 heteroatoms. The van der Waals surface area contributed by atoms with Crippen LogP contribution in [0.15, 0.2) is 18.2 Å². The standard InChI is InChI=1S/C11H13ClN2O5/c1-19-5-4-13-10(11(15)16)7-2-3-8(12)9(6-7)14(17)18/h2-3,6,10,13H,4-5H2,1H3,(H,15,16). The molecule has 19 heavy (non-hydrogen) atoms. The maximum Gasteiger partial charge on any atom is 0.325 e. The molecule has 0 aliphatic heterocycles. The Balaban J connectivity index is 2.99. The van der Waals surface area contributed by atoms with E-state index >= 15 is 0 Å². The predicted molar refractivity (Wildman–Crippen MR) is 68.4 cm³/mol. The Morgan fingerprint density at radius 1 is 1.63 bits per heavy atom. The Hall–Kier alpha value is -1.70. The third-order valence-electron chi connectivity index (χ3n) is 2.40. The Bertz CT molecular complexity index is 480. The van der Waals surface area contributed by atoms with Crippen LogP contribution in [0.25, 0.3) is 0 Å². The number of hydrogen-bond donors (Lipinski definition) is 2. The van der Waals surface area contributed by atoms with Gasteiger partial charge in [0.1, 0.15) is 11.1 Å². The lowest BCUT2D eigenvalue weighted by Gasteiger charge is -2.14. The van der Waals surface area contributed by atoms with Crippen molar-refractivity contribution >= 4 is 23.3 Å². The normalized spacial score (nSPS) is 12.1. The summed E-state index contributed by atoms with van der Waals surface area (Å²) >= 11 is 5.67. The van der Waals surface area contributed by atoms with E-state index < -0.39 is 16.9 Å². The highest BCUT2D eigenvalue weighted by Crippen LogP contribution is 2.27. The van der Waals surface area contributed by atoms with Crippen LogP contribution in [0.4, 0.5) is 5.69 Å². The molecule has 1 aromatic rings. The first-order valence-electron chi connectivity index (χ1n) is 5.36. The number of hydrogen-bond acceptors (Lipinski definition) is 5. The van der Waals surface area contributed by atoms with Gasteiger partial charge in [0.15, 0.2) is 0 Å².